The van der Waals surface area contributed by atoms with E-state index in [0.717, 1.165) is 41.9 Å². The standard InChI is InChI=1S/C15H19N5O/c1-10-8-11(2)20(19-10)7-6-16-15(21)14-9-12-4-3-5-13(12)17-18-14/h8-9H,3-7H2,1-2H3,(H,16,21). The Morgan fingerprint density at radius 2 is 2.14 bits per heavy atom. The van der Waals surface area contributed by atoms with Gasteiger partial charge in [-0.3, -0.25) is 9.48 Å². The predicted octanol–water partition coefficient (Wildman–Crippen LogP) is 1.21. The van der Waals surface area contributed by atoms with Crippen molar-refractivity contribution in [2.45, 2.75) is 39.7 Å². The molecule has 2 aromatic rings. The van der Waals surface area contributed by atoms with Crippen LogP contribution in [0.4, 0.5) is 0 Å². The van der Waals surface area contributed by atoms with E-state index in [-0.39, 0.29) is 5.91 Å². The minimum Gasteiger partial charge on any atom is -0.349 e. The molecule has 0 saturated carbocycles. The summed E-state index contributed by atoms with van der Waals surface area (Å²) in [6.07, 6.45) is 3.08. The third-order valence-electron chi connectivity index (χ3n) is 3.76. The number of nitrogens with one attached hydrogen (secondary N) is 1. The van der Waals surface area contributed by atoms with E-state index in [1.54, 1.807) is 0 Å². The number of carbonyl (C=O) groups is 1. The van der Waals surface area contributed by atoms with Crippen molar-refractivity contribution in [3.05, 3.63) is 40.5 Å². The summed E-state index contributed by atoms with van der Waals surface area (Å²) in [5.74, 6) is -0.168. The highest BCUT2D eigenvalue weighted by Gasteiger charge is 2.16. The molecule has 2 aromatic heterocycles. The van der Waals surface area contributed by atoms with Gasteiger partial charge in [0.15, 0.2) is 5.69 Å². The van der Waals surface area contributed by atoms with Crippen molar-refractivity contribution in [1.29, 1.82) is 0 Å². The molecule has 0 saturated heterocycles. The van der Waals surface area contributed by atoms with Gasteiger partial charge in [0, 0.05) is 12.2 Å². The third-order valence-corrected chi connectivity index (χ3v) is 3.76. The first kappa shape index (κ1) is 13.7. The molecule has 2 heterocycles. The molecule has 1 aliphatic rings. The smallest absolute Gasteiger partial charge is 0.271 e. The van der Waals surface area contributed by atoms with Gasteiger partial charge in [0.1, 0.15) is 0 Å². The molecular weight excluding hydrogens is 266 g/mol. The number of hydrogen-bond acceptors (Lipinski definition) is 4. The highest BCUT2D eigenvalue weighted by atomic mass is 16.1. The summed E-state index contributed by atoms with van der Waals surface area (Å²) in [6, 6.07) is 3.89. The van der Waals surface area contributed by atoms with Gasteiger partial charge < -0.3 is 5.32 Å². The van der Waals surface area contributed by atoms with Crippen molar-refractivity contribution < 1.29 is 4.79 Å². The minimum absolute atomic E-state index is 0.168. The number of rotatable bonds is 4. The topological polar surface area (TPSA) is 72.7 Å². The lowest BCUT2D eigenvalue weighted by molar-refractivity contribution is 0.0945. The van der Waals surface area contributed by atoms with E-state index in [9.17, 15) is 4.79 Å². The van der Waals surface area contributed by atoms with E-state index in [1.807, 2.05) is 30.7 Å². The zero-order chi connectivity index (χ0) is 14.8. The van der Waals surface area contributed by atoms with Gasteiger partial charge >= 0.3 is 0 Å². The van der Waals surface area contributed by atoms with E-state index in [4.69, 9.17) is 0 Å². The fourth-order valence-electron chi connectivity index (χ4n) is 2.71. The van der Waals surface area contributed by atoms with Gasteiger partial charge in [-0.1, -0.05) is 0 Å². The van der Waals surface area contributed by atoms with Crippen LogP contribution in [0.25, 0.3) is 0 Å². The molecule has 1 N–H and O–H groups in total. The SMILES string of the molecule is Cc1cc(C)n(CCNC(=O)c2cc3c(nn2)CCC3)n1. The van der Waals surface area contributed by atoms with Crippen molar-refractivity contribution in [3.63, 3.8) is 0 Å². The number of amides is 1. The van der Waals surface area contributed by atoms with Crippen molar-refractivity contribution >= 4 is 5.91 Å². The van der Waals surface area contributed by atoms with Gasteiger partial charge in [-0.25, -0.2) is 0 Å². The summed E-state index contributed by atoms with van der Waals surface area (Å²) in [6.45, 7) is 5.15. The van der Waals surface area contributed by atoms with Crippen LogP contribution in [0, 0.1) is 13.8 Å². The lowest BCUT2D eigenvalue weighted by Gasteiger charge is -2.07. The largest absolute Gasteiger partial charge is 0.349 e. The second-order valence-electron chi connectivity index (χ2n) is 5.46. The molecule has 21 heavy (non-hydrogen) atoms. The van der Waals surface area contributed by atoms with Crippen molar-refractivity contribution in [2.75, 3.05) is 6.54 Å². The maximum atomic E-state index is 12.1. The Morgan fingerprint density at radius 3 is 2.90 bits per heavy atom. The van der Waals surface area contributed by atoms with Crippen LogP contribution in [0.5, 0.6) is 0 Å². The van der Waals surface area contributed by atoms with Gasteiger partial charge in [-0.2, -0.15) is 10.2 Å². The summed E-state index contributed by atoms with van der Waals surface area (Å²) in [5, 5.41) is 15.4. The lowest BCUT2D eigenvalue weighted by Crippen LogP contribution is -2.29. The van der Waals surface area contributed by atoms with Crippen LogP contribution in [0.3, 0.4) is 0 Å². The number of fused-ring (bicyclic) bond motifs is 1. The number of nitrogens with zero attached hydrogens (tertiary/aromatic N) is 4. The van der Waals surface area contributed by atoms with Crippen molar-refractivity contribution in [3.8, 4) is 0 Å². The first-order valence-electron chi connectivity index (χ1n) is 7.28. The molecule has 1 amide bonds. The second-order valence-corrected chi connectivity index (χ2v) is 5.46. The van der Waals surface area contributed by atoms with Crippen LogP contribution in [0.2, 0.25) is 0 Å². The summed E-state index contributed by atoms with van der Waals surface area (Å²) < 4.78 is 1.89. The van der Waals surface area contributed by atoms with Crippen LogP contribution in [-0.4, -0.2) is 32.4 Å². The quantitative estimate of drug-likeness (QED) is 0.916. The average Bonchev–Trinajstić information content (AvgIpc) is 3.04. The lowest BCUT2D eigenvalue weighted by atomic mass is 10.2. The van der Waals surface area contributed by atoms with Crippen LogP contribution in [0.1, 0.15) is 39.6 Å². The summed E-state index contributed by atoms with van der Waals surface area (Å²) in [7, 11) is 0. The molecule has 3 rings (SSSR count). The van der Waals surface area contributed by atoms with Crippen LogP contribution >= 0.6 is 0 Å². The fraction of sp³-hybridized carbons (Fsp3) is 0.467. The van der Waals surface area contributed by atoms with E-state index >= 15 is 0 Å². The zero-order valence-corrected chi connectivity index (χ0v) is 12.4. The van der Waals surface area contributed by atoms with Crippen LogP contribution in [0.15, 0.2) is 12.1 Å². The molecule has 0 spiro atoms. The minimum atomic E-state index is -0.168. The maximum Gasteiger partial charge on any atom is 0.271 e. The number of hydrogen-bond donors (Lipinski definition) is 1. The first-order valence-corrected chi connectivity index (χ1v) is 7.28. The van der Waals surface area contributed by atoms with Crippen LogP contribution < -0.4 is 5.32 Å². The normalized spacial score (nSPS) is 13.2. The third kappa shape index (κ3) is 2.94. The van der Waals surface area contributed by atoms with Gasteiger partial charge in [0.25, 0.3) is 5.91 Å². The summed E-state index contributed by atoms with van der Waals surface area (Å²) >= 11 is 0. The summed E-state index contributed by atoms with van der Waals surface area (Å²) in [5.41, 5.74) is 4.69. The van der Waals surface area contributed by atoms with E-state index in [2.05, 4.69) is 20.6 Å². The Kier molecular flexibility index (Phi) is 3.68. The Morgan fingerprint density at radius 1 is 1.29 bits per heavy atom. The number of carbonyl (C=O) groups excluding carboxylic acids is 1. The summed E-state index contributed by atoms with van der Waals surface area (Å²) in [4.78, 5) is 12.1. The van der Waals surface area contributed by atoms with Crippen molar-refractivity contribution in [1.82, 2.24) is 25.3 Å². The van der Waals surface area contributed by atoms with Gasteiger partial charge in [-0.05, 0) is 50.8 Å². The molecule has 110 valence electrons. The molecule has 0 atom stereocenters. The Labute approximate surface area is 123 Å². The van der Waals surface area contributed by atoms with E-state index < -0.39 is 0 Å². The molecule has 1 aliphatic carbocycles. The van der Waals surface area contributed by atoms with Crippen LogP contribution in [-0.2, 0) is 19.4 Å². The molecule has 0 unspecified atom stereocenters. The number of aromatic nitrogens is 4. The zero-order valence-electron chi connectivity index (χ0n) is 12.4. The molecule has 0 fully saturated rings. The predicted molar refractivity (Wildman–Crippen MR) is 78.1 cm³/mol. The van der Waals surface area contributed by atoms with Crippen molar-refractivity contribution in [2.24, 2.45) is 0 Å². The molecule has 0 radical (unpaired) electrons. The fourth-order valence-corrected chi connectivity index (χ4v) is 2.71. The molecule has 6 heteroatoms. The van der Waals surface area contributed by atoms with E-state index in [0.29, 0.717) is 18.8 Å². The van der Waals surface area contributed by atoms with Gasteiger partial charge in [-0.15, -0.1) is 5.10 Å². The Bertz CT molecular complexity index is 677. The molecule has 0 aromatic carbocycles. The highest BCUT2D eigenvalue weighted by molar-refractivity contribution is 5.92. The first-order chi connectivity index (χ1) is 10.1. The number of aryl methyl sites for hydroxylation is 4. The highest BCUT2D eigenvalue weighted by Crippen LogP contribution is 2.19. The van der Waals surface area contributed by atoms with Gasteiger partial charge in [0.05, 0.1) is 17.9 Å². The average molecular weight is 285 g/mol. The molecular formula is C15H19N5O. The molecule has 0 bridgehead atoms. The Hall–Kier alpha value is -2.24. The monoisotopic (exact) mass is 285 g/mol. The van der Waals surface area contributed by atoms with Gasteiger partial charge in [0.2, 0.25) is 0 Å². The maximum absolute atomic E-state index is 12.1. The molecule has 6 nitrogen and oxygen atoms in total. The molecule has 0 aliphatic heterocycles. The Balaban J connectivity index is 1.58. The second kappa shape index (κ2) is 5.63. The van der Waals surface area contributed by atoms with E-state index in [1.165, 1.54) is 0 Å².